The number of carbonyl (C=O) groups excluding carboxylic acids is 3. The van der Waals surface area contributed by atoms with Gasteiger partial charge in [0, 0.05) is 28.3 Å². The Morgan fingerprint density at radius 2 is 1.71 bits per heavy atom. The van der Waals surface area contributed by atoms with E-state index >= 15 is 0 Å². The van der Waals surface area contributed by atoms with Crippen molar-refractivity contribution in [3.8, 4) is 11.3 Å². The number of carbonyl (C=O) groups is 3. The summed E-state index contributed by atoms with van der Waals surface area (Å²) in [7, 11) is 0. The lowest BCUT2D eigenvalue weighted by Crippen LogP contribution is -2.45. The van der Waals surface area contributed by atoms with Crippen molar-refractivity contribution in [2.45, 2.75) is 36.9 Å². The molecule has 2 aliphatic rings. The molecule has 0 bridgehead atoms. The monoisotopic (exact) mass is 602 g/mol. The molecule has 4 aromatic rings. The molecule has 11 heteroatoms. The minimum atomic E-state index is -0.829. The Morgan fingerprint density at radius 3 is 2.43 bits per heavy atom. The van der Waals surface area contributed by atoms with Crippen molar-refractivity contribution >= 4 is 46.1 Å². The van der Waals surface area contributed by atoms with E-state index in [9.17, 15) is 18.8 Å². The van der Waals surface area contributed by atoms with Crippen LogP contribution in [0.5, 0.6) is 0 Å². The second-order valence-electron chi connectivity index (χ2n) is 10.1. The largest absolute Gasteiger partial charge is 0.444 e. The molecule has 2 atom stereocenters. The van der Waals surface area contributed by atoms with Crippen LogP contribution in [0.1, 0.15) is 39.7 Å². The number of thioether (sulfide) groups is 1. The first-order chi connectivity index (χ1) is 20.4. The summed E-state index contributed by atoms with van der Waals surface area (Å²) in [5.41, 5.74) is 3.58. The first-order valence-electron chi connectivity index (χ1n) is 13.5. The summed E-state index contributed by atoms with van der Waals surface area (Å²) in [5.74, 6) is -0.533. The Labute approximate surface area is 250 Å². The SMILES string of the molecule is O=C(NC1CC1)c1ccc(-c2csc(NC(=O)[C@@H]3CSC(c4ccc(F)cc4)N3C(=O)OCc3ccccc3)n2)cc1. The molecular formula is C31H27FN4O4S2. The van der Waals surface area contributed by atoms with E-state index < -0.39 is 23.4 Å². The summed E-state index contributed by atoms with van der Waals surface area (Å²) < 4.78 is 19.2. The minimum Gasteiger partial charge on any atom is -0.444 e. The van der Waals surface area contributed by atoms with Gasteiger partial charge in [-0.15, -0.1) is 23.1 Å². The summed E-state index contributed by atoms with van der Waals surface area (Å²) in [6.07, 6.45) is 1.41. The number of nitrogens with one attached hydrogen (secondary N) is 2. The van der Waals surface area contributed by atoms with E-state index in [1.54, 1.807) is 24.3 Å². The minimum absolute atomic E-state index is 0.0577. The van der Waals surface area contributed by atoms with Crippen molar-refractivity contribution < 1.29 is 23.5 Å². The lowest BCUT2D eigenvalue weighted by molar-refractivity contribution is -0.120. The summed E-state index contributed by atoms with van der Waals surface area (Å²) in [6, 6.07) is 21.8. The Bertz CT molecular complexity index is 1580. The normalized spacial score (nSPS) is 18.0. The number of nitrogens with zero attached hydrogens (tertiary/aromatic N) is 2. The molecule has 2 N–H and O–H groups in total. The summed E-state index contributed by atoms with van der Waals surface area (Å²) in [5, 5.41) is 7.51. The Morgan fingerprint density at radius 1 is 0.976 bits per heavy atom. The van der Waals surface area contributed by atoms with E-state index in [1.807, 2.05) is 47.8 Å². The summed E-state index contributed by atoms with van der Waals surface area (Å²) in [6.45, 7) is 0.0577. The predicted molar refractivity (Wildman–Crippen MR) is 161 cm³/mol. The number of benzene rings is 3. The number of rotatable bonds is 8. The van der Waals surface area contributed by atoms with Crippen molar-refractivity contribution in [1.82, 2.24) is 15.2 Å². The Hall–Kier alpha value is -4.22. The molecule has 42 heavy (non-hydrogen) atoms. The molecule has 1 saturated carbocycles. The van der Waals surface area contributed by atoms with Crippen molar-refractivity contribution in [1.29, 1.82) is 0 Å². The van der Waals surface area contributed by atoms with Crippen LogP contribution in [0.2, 0.25) is 0 Å². The first-order valence-corrected chi connectivity index (χ1v) is 15.4. The third kappa shape index (κ3) is 6.47. The highest BCUT2D eigenvalue weighted by Crippen LogP contribution is 2.42. The van der Waals surface area contributed by atoms with Crippen LogP contribution in [-0.2, 0) is 16.1 Å². The van der Waals surface area contributed by atoms with Gasteiger partial charge in [0.05, 0.1) is 5.69 Å². The van der Waals surface area contributed by atoms with Gasteiger partial charge in [-0.05, 0) is 48.2 Å². The lowest BCUT2D eigenvalue weighted by Gasteiger charge is -2.28. The maximum Gasteiger partial charge on any atom is 0.412 e. The molecule has 2 fully saturated rings. The van der Waals surface area contributed by atoms with Crippen LogP contribution in [0, 0.1) is 5.82 Å². The van der Waals surface area contributed by atoms with Gasteiger partial charge in [-0.2, -0.15) is 0 Å². The fourth-order valence-corrected chi connectivity index (χ4v) is 6.69. The van der Waals surface area contributed by atoms with Crippen LogP contribution in [0.4, 0.5) is 14.3 Å². The lowest BCUT2D eigenvalue weighted by atomic mass is 10.1. The van der Waals surface area contributed by atoms with Crippen molar-refractivity contribution in [2.75, 3.05) is 11.1 Å². The molecule has 214 valence electrons. The molecule has 3 amide bonds. The van der Waals surface area contributed by atoms with Gasteiger partial charge in [-0.1, -0.05) is 54.6 Å². The fourth-order valence-electron chi connectivity index (χ4n) is 4.55. The molecule has 0 spiro atoms. The molecule has 0 radical (unpaired) electrons. The number of aromatic nitrogens is 1. The number of hydrogen-bond acceptors (Lipinski definition) is 7. The highest BCUT2D eigenvalue weighted by Gasteiger charge is 2.43. The zero-order valence-corrected chi connectivity index (χ0v) is 24.0. The van der Waals surface area contributed by atoms with Crippen LogP contribution in [-0.4, -0.2) is 45.6 Å². The van der Waals surface area contributed by atoms with E-state index in [0.717, 1.165) is 24.0 Å². The van der Waals surface area contributed by atoms with Gasteiger partial charge in [-0.25, -0.2) is 14.2 Å². The van der Waals surface area contributed by atoms with Gasteiger partial charge in [0.15, 0.2) is 5.13 Å². The van der Waals surface area contributed by atoms with E-state index in [4.69, 9.17) is 4.74 Å². The van der Waals surface area contributed by atoms with Crippen LogP contribution >= 0.6 is 23.1 Å². The van der Waals surface area contributed by atoms with Crippen molar-refractivity contribution in [3.05, 3.63) is 107 Å². The third-order valence-electron chi connectivity index (χ3n) is 6.96. The number of anilines is 1. The Balaban J connectivity index is 1.15. The number of hydrogen-bond donors (Lipinski definition) is 2. The van der Waals surface area contributed by atoms with Crippen LogP contribution in [0.25, 0.3) is 11.3 Å². The number of amides is 3. The van der Waals surface area contributed by atoms with E-state index in [-0.39, 0.29) is 24.4 Å². The predicted octanol–water partition coefficient (Wildman–Crippen LogP) is 6.23. The molecule has 1 unspecified atom stereocenters. The van der Waals surface area contributed by atoms with Crippen molar-refractivity contribution in [3.63, 3.8) is 0 Å². The summed E-state index contributed by atoms with van der Waals surface area (Å²) in [4.78, 5) is 45.1. The molecule has 6 rings (SSSR count). The van der Waals surface area contributed by atoms with Gasteiger partial charge >= 0.3 is 6.09 Å². The van der Waals surface area contributed by atoms with E-state index in [2.05, 4.69) is 15.6 Å². The fraction of sp³-hybridized carbons (Fsp3) is 0.226. The van der Waals surface area contributed by atoms with Crippen molar-refractivity contribution in [2.24, 2.45) is 0 Å². The highest BCUT2D eigenvalue weighted by atomic mass is 32.2. The molecular weight excluding hydrogens is 575 g/mol. The zero-order valence-electron chi connectivity index (χ0n) is 22.4. The van der Waals surface area contributed by atoms with Crippen LogP contribution < -0.4 is 10.6 Å². The quantitative estimate of drug-likeness (QED) is 0.248. The van der Waals surface area contributed by atoms with E-state index in [1.165, 1.54) is 40.1 Å². The second kappa shape index (κ2) is 12.3. The van der Waals surface area contributed by atoms with Gasteiger partial charge in [-0.3, -0.25) is 14.5 Å². The summed E-state index contributed by atoms with van der Waals surface area (Å²) >= 11 is 2.68. The van der Waals surface area contributed by atoms with E-state index in [0.29, 0.717) is 27.7 Å². The number of halogens is 1. The van der Waals surface area contributed by atoms with Gasteiger partial charge in [0.1, 0.15) is 23.8 Å². The smallest absolute Gasteiger partial charge is 0.412 e. The van der Waals surface area contributed by atoms with Crippen LogP contribution in [0.3, 0.4) is 0 Å². The second-order valence-corrected chi connectivity index (χ2v) is 12.0. The number of thiazole rings is 1. The molecule has 1 aliphatic heterocycles. The van der Waals surface area contributed by atoms with Gasteiger partial charge in [0.2, 0.25) is 5.91 Å². The third-order valence-corrected chi connectivity index (χ3v) is 9.04. The number of ether oxygens (including phenoxy) is 1. The molecule has 1 aromatic heterocycles. The van der Waals surface area contributed by atoms with Crippen LogP contribution in [0.15, 0.2) is 84.2 Å². The average molecular weight is 603 g/mol. The van der Waals surface area contributed by atoms with Gasteiger partial charge < -0.3 is 15.4 Å². The van der Waals surface area contributed by atoms with Gasteiger partial charge in [0.25, 0.3) is 5.91 Å². The maximum absolute atomic E-state index is 13.6. The molecule has 1 saturated heterocycles. The average Bonchev–Trinajstić information content (AvgIpc) is 3.51. The Kier molecular flexibility index (Phi) is 8.20. The standard InChI is InChI=1S/C31H27FN4O4S2/c32-23-12-10-22(11-13-23)29-36(31(39)40-16-19-4-2-1-3-5-19)26(18-41-29)28(38)35-30-34-25(17-42-30)20-6-8-21(9-7-20)27(37)33-24-14-15-24/h1-13,17,24,26,29H,14-16,18H2,(H,33,37)(H,34,35,38)/t26-,29?/m0/s1. The first kappa shape index (κ1) is 27.9. The molecule has 3 aromatic carbocycles. The molecule has 8 nitrogen and oxygen atoms in total. The topological polar surface area (TPSA) is 101 Å². The molecule has 1 aliphatic carbocycles. The zero-order chi connectivity index (χ0) is 29.1. The molecule has 2 heterocycles. The maximum atomic E-state index is 13.6. The highest BCUT2D eigenvalue weighted by molar-refractivity contribution is 7.99.